The number of hydrogen-bond donors (Lipinski definition) is 1. The van der Waals surface area contributed by atoms with Crippen LogP contribution >= 0.6 is 35.7 Å². The third-order valence-electron chi connectivity index (χ3n) is 4.13. The van der Waals surface area contributed by atoms with Gasteiger partial charge in [-0.3, -0.25) is 4.99 Å². The lowest BCUT2D eigenvalue weighted by molar-refractivity contribution is 0.0264. The third kappa shape index (κ3) is 8.43. The van der Waals surface area contributed by atoms with Crippen molar-refractivity contribution < 1.29 is 9.13 Å². The fourth-order valence-electron chi connectivity index (χ4n) is 2.87. The molecule has 1 aliphatic heterocycles. The van der Waals surface area contributed by atoms with Crippen molar-refractivity contribution in [3.05, 3.63) is 30.1 Å². The number of ether oxygens (including phenoxy) is 1. The Morgan fingerprint density at radius 2 is 1.96 bits per heavy atom. The maximum atomic E-state index is 12.9. The highest BCUT2D eigenvalue weighted by Crippen LogP contribution is 2.19. The third-order valence-corrected chi connectivity index (χ3v) is 5.22. The molecule has 1 fully saturated rings. The number of thioether (sulfide) groups is 1. The molecule has 1 saturated heterocycles. The lowest BCUT2D eigenvalue weighted by Crippen LogP contribution is -2.47. The first-order chi connectivity index (χ1) is 12.2. The van der Waals surface area contributed by atoms with E-state index in [2.05, 4.69) is 24.1 Å². The average Bonchev–Trinajstić information content (AvgIpc) is 2.63. The molecule has 1 N–H and O–H groups in total. The zero-order valence-electron chi connectivity index (χ0n) is 15.7. The quantitative estimate of drug-likeness (QED) is 0.191. The van der Waals surface area contributed by atoms with Crippen molar-refractivity contribution in [1.29, 1.82) is 0 Å². The van der Waals surface area contributed by atoms with Gasteiger partial charge in [-0.05, 0) is 63.1 Å². The van der Waals surface area contributed by atoms with Crippen molar-refractivity contribution >= 4 is 41.7 Å². The second-order valence-corrected chi connectivity index (χ2v) is 7.20. The van der Waals surface area contributed by atoms with E-state index in [0.717, 1.165) is 68.7 Å². The summed E-state index contributed by atoms with van der Waals surface area (Å²) in [5, 5.41) is 3.40. The molecular weight excluding hydrogens is 464 g/mol. The number of likely N-dealkylation sites (tertiary alicyclic amines) is 1. The summed E-state index contributed by atoms with van der Waals surface area (Å²) in [5.41, 5.74) is 0. The number of rotatable bonds is 8. The van der Waals surface area contributed by atoms with E-state index in [1.54, 1.807) is 11.8 Å². The van der Waals surface area contributed by atoms with Gasteiger partial charge in [0.25, 0.3) is 0 Å². The van der Waals surface area contributed by atoms with Crippen molar-refractivity contribution in [1.82, 2.24) is 10.2 Å². The van der Waals surface area contributed by atoms with Gasteiger partial charge in [0.05, 0.1) is 6.10 Å². The topological polar surface area (TPSA) is 36.9 Å². The molecule has 0 aliphatic carbocycles. The maximum absolute atomic E-state index is 12.9. The standard InChI is InChI=1S/C19H30FN3OS.HI/c1-3-21-19(23-13-10-17(11-14-23)24-4-2)22-12-5-15-25-18-8-6-16(20)7-9-18;/h6-9,17H,3-5,10-15H2,1-2H3,(H,21,22);1H. The van der Waals surface area contributed by atoms with Crippen LogP contribution in [0.15, 0.2) is 34.2 Å². The van der Waals surface area contributed by atoms with Crippen molar-refractivity contribution in [3.63, 3.8) is 0 Å². The van der Waals surface area contributed by atoms with Gasteiger partial charge in [0.1, 0.15) is 5.82 Å². The SMILES string of the molecule is CCNC(=NCCCSc1ccc(F)cc1)N1CCC(OCC)CC1.I. The first kappa shape index (κ1) is 23.5. The van der Waals surface area contributed by atoms with Crippen molar-refractivity contribution in [2.24, 2.45) is 4.99 Å². The van der Waals surface area contributed by atoms with Crippen LogP contribution in [0.2, 0.25) is 0 Å². The van der Waals surface area contributed by atoms with Crippen LogP contribution in [-0.2, 0) is 4.74 Å². The summed E-state index contributed by atoms with van der Waals surface area (Å²) in [7, 11) is 0. The normalized spacial score (nSPS) is 15.7. The molecule has 0 spiro atoms. The Kier molecular flexibility index (Phi) is 12.3. The summed E-state index contributed by atoms with van der Waals surface area (Å²) >= 11 is 1.75. The minimum atomic E-state index is -0.183. The molecule has 1 heterocycles. The molecule has 2 rings (SSSR count). The first-order valence-electron chi connectivity index (χ1n) is 9.26. The Hall–Kier alpha value is -0.540. The Bertz CT molecular complexity index is 522. The van der Waals surface area contributed by atoms with Crippen LogP contribution in [-0.4, -0.2) is 55.5 Å². The fraction of sp³-hybridized carbons (Fsp3) is 0.632. The van der Waals surface area contributed by atoms with Gasteiger partial charge in [-0.15, -0.1) is 35.7 Å². The monoisotopic (exact) mass is 495 g/mol. The number of nitrogens with one attached hydrogen (secondary N) is 1. The Morgan fingerprint density at radius 1 is 1.27 bits per heavy atom. The molecule has 26 heavy (non-hydrogen) atoms. The minimum absolute atomic E-state index is 0. The highest BCUT2D eigenvalue weighted by atomic mass is 127. The van der Waals surface area contributed by atoms with E-state index < -0.39 is 0 Å². The fourth-order valence-corrected chi connectivity index (χ4v) is 3.70. The number of piperidine rings is 1. The van der Waals surface area contributed by atoms with Crippen LogP contribution in [0, 0.1) is 5.82 Å². The van der Waals surface area contributed by atoms with E-state index in [-0.39, 0.29) is 29.8 Å². The zero-order chi connectivity index (χ0) is 17.9. The van der Waals surface area contributed by atoms with Crippen LogP contribution in [0.5, 0.6) is 0 Å². The zero-order valence-corrected chi connectivity index (χ0v) is 18.9. The van der Waals surface area contributed by atoms with E-state index in [0.29, 0.717) is 6.10 Å². The predicted molar refractivity (Wildman–Crippen MR) is 119 cm³/mol. The van der Waals surface area contributed by atoms with Crippen molar-refractivity contribution in [2.75, 3.05) is 38.5 Å². The van der Waals surface area contributed by atoms with Crippen LogP contribution in [0.3, 0.4) is 0 Å². The lowest BCUT2D eigenvalue weighted by atomic mass is 10.1. The number of nitrogens with zero attached hydrogens (tertiary/aromatic N) is 2. The lowest BCUT2D eigenvalue weighted by Gasteiger charge is -2.34. The van der Waals surface area contributed by atoms with E-state index in [1.807, 2.05) is 12.1 Å². The number of hydrogen-bond acceptors (Lipinski definition) is 3. The summed E-state index contributed by atoms with van der Waals surface area (Å²) in [6.07, 6.45) is 3.54. The first-order valence-corrected chi connectivity index (χ1v) is 10.2. The summed E-state index contributed by atoms with van der Waals surface area (Å²) in [4.78, 5) is 8.22. The average molecular weight is 495 g/mol. The number of benzene rings is 1. The highest BCUT2D eigenvalue weighted by Gasteiger charge is 2.21. The van der Waals surface area contributed by atoms with Gasteiger partial charge >= 0.3 is 0 Å². The summed E-state index contributed by atoms with van der Waals surface area (Å²) in [6, 6.07) is 6.68. The molecule has 0 aromatic heterocycles. The minimum Gasteiger partial charge on any atom is -0.378 e. The molecular formula is C19H31FIN3OS. The van der Waals surface area contributed by atoms with Gasteiger partial charge in [-0.1, -0.05) is 0 Å². The Labute approximate surface area is 178 Å². The largest absolute Gasteiger partial charge is 0.378 e. The van der Waals surface area contributed by atoms with E-state index in [9.17, 15) is 4.39 Å². The van der Waals surface area contributed by atoms with Gasteiger partial charge in [-0.25, -0.2) is 4.39 Å². The number of aliphatic imine (C=N–C) groups is 1. The van der Waals surface area contributed by atoms with Gasteiger partial charge in [0.2, 0.25) is 0 Å². The molecule has 1 aromatic rings. The molecule has 1 aromatic carbocycles. The van der Waals surface area contributed by atoms with Gasteiger partial charge < -0.3 is 15.0 Å². The van der Waals surface area contributed by atoms with E-state index in [1.165, 1.54) is 12.1 Å². The molecule has 0 radical (unpaired) electrons. The Balaban J connectivity index is 0.00000338. The van der Waals surface area contributed by atoms with Crippen molar-refractivity contribution in [2.45, 2.75) is 44.1 Å². The van der Waals surface area contributed by atoms with Crippen LogP contribution < -0.4 is 5.32 Å². The van der Waals surface area contributed by atoms with E-state index in [4.69, 9.17) is 9.73 Å². The predicted octanol–water partition coefficient (Wildman–Crippen LogP) is 4.39. The smallest absolute Gasteiger partial charge is 0.193 e. The van der Waals surface area contributed by atoms with Crippen molar-refractivity contribution in [3.8, 4) is 0 Å². The highest BCUT2D eigenvalue weighted by molar-refractivity contribution is 14.0. The summed E-state index contributed by atoms with van der Waals surface area (Å²) < 4.78 is 18.6. The molecule has 0 unspecified atom stereocenters. The molecule has 0 atom stereocenters. The van der Waals surface area contributed by atoms with Gasteiger partial charge in [-0.2, -0.15) is 0 Å². The second-order valence-electron chi connectivity index (χ2n) is 6.03. The van der Waals surface area contributed by atoms with Crippen LogP contribution in [0.1, 0.15) is 33.1 Å². The summed E-state index contributed by atoms with van der Waals surface area (Å²) in [6.45, 7) is 8.65. The molecule has 0 bridgehead atoms. The number of halogens is 2. The van der Waals surface area contributed by atoms with Crippen LogP contribution in [0.25, 0.3) is 0 Å². The van der Waals surface area contributed by atoms with Gasteiger partial charge in [0.15, 0.2) is 5.96 Å². The molecule has 0 amide bonds. The second kappa shape index (κ2) is 13.6. The molecule has 4 nitrogen and oxygen atoms in total. The molecule has 7 heteroatoms. The number of guanidine groups is 1. The molecule has 148 valence electrons. The summed E-state index contributed by atoms with van der Waals surface area (Å²) in [5.74, 6) is 1.82. The van der Waals surface area contributed by atoms with E-state index >= 15 is 0 Å². The van der Waals surface area contributed by atoms with Crippen LogP contribution in [0.4, 0.5) is 4.39 Å². The molecule has 0 saturated carbocycles. The van der Waals surface area contributed by atoms with Gasteiger partial charge in [0, 0.05) is 37.7 Å². The maximum Gasteiger partial charge on any atom is 0.193 e. The Morgan fingerprint density at radius 3 is 2.58 bits per heavy atom. The molecule has 1 aliphatic rings.